The number of aryl methyl sites for hydroxylation is 1. The summed E-state index contributed by atoms with van der Waals surface area (Å²) < 4.78 is 2.19. The van der Waals surface area contributed by atoms with Gasteiger partial charge in [0, 0.05) is 24.1 Å². The van der Waals surface area contributed by atoms with E-state index in [1.807, 2.05) is 6.07 Å². The molecular formula is C16H18N2. The van der Waals surface area contributed by atoms with Gasteiger partial charge in [0.2, 0.25) is 0 Å². The molecule has 1 aliphatic carbocycles. The van der Waals surface area contributed by atoms with Crippen LogP contribution in [0.25, 0.3) is 10.9 Å². The first-order chi connectivity index (χ1) is 8.79. The van der Waals surface area contributed by atoms with Crippen LogP contribution in [0.15, 0.2) is 24.4 Å². The number of nitrogens with zero attached hydrogens (tertiary/aromatic N) is 2. The topological polar surface area (TPSA) is 28.7 Å². The fourth-order valence-corrected chi connectivity index (χ4v) is 3.23. The minimum atomic E-state index is 0.691. The number of benzene rings is 1. The van der Waals surface area contributed by atoms with Crippen LogP contribution >= 0.6 is 0 Å². The van der Waals surface area contributed by atoms with Crippen LogP contribution in [0.3, 0.4) is 0 Å². The number of hydrogen-bond acceptors (Lipinski definition) is 1. The van der Waals surface area contributed by atoms with Gasteiger partial charge in [-0.1, -0.05) is 19.3 Å². The van der Waals surface area contributed by atoms with Gasteiger partial charge in [-0.15, -0.1) is 0 Å². The standard InChI is InChI=1S/C16H18N2/c1-18-11-15(13-5-3-2-4-6-13)14-9-12(10-17)7-8-16(14)18/h7-9,11,13H,2-6H2,1H3. The molecule has 0 unspecified atom stereocenters. The Kier molecular flexibility index (Phi) is 2.83. The number of nitriles is 1. The van der Waals surface area contributed by atoms with Crippen molar-refractivity contribution < 1.29 is 0 Å². The van der Waals surface area contributed by atoms with Crippen LogP contribution < -0.4 is 0 Å². The quantitative estimate of drug-likeness (QED) is 0.735. The summed E-state index contributed by atoms with van der Waals surface area (Å²) in [6, 6.07) is 8.28. The molecule has 0 bridgehead atoms. The van der Waals surface area contributed by atoms with E-state index < -0.39 is 0 Å². The molecular weight excluding hydrogens is 220 g/mol. The van der Waals surface area contributed by atoms with Gasteiger partial charge in [-0.2, -0.15) is 5.26 Å². The molecule has 92 valence electrons. The van der Waals surface area contributed by atoms with Gasteiger partial charge in [0.15, 0.2) is 0 Å². The Bertz CT molecular complexity index is 610. The first kappa shape index (κ1) is 11.3. The average Bonchev–Trinajstić information content (AvgIpc) is 2.76. The highest BCUT2D eigenvalue weighted by Gasteiger charge is 2.19. The molecule has 0 saturated heterocycles. The second-order valence-corrected chi connectivity index (χ2v) is 5.37. The molecule has 2 aromatic rings. The summed E-state index contributed by atoms with van der Waals surface area (Å²) in [7, 11) is 2.10. The van der Waals surface area contributed by atoms with E-state index in [0.29, 0.717) is 5.92 Å². The van der Waals surface area contributed by atoms with Crippen molar-refractivity contribution in [3.63, 3.8) is 0 Å². The van der Waals surface area contributed by atoms with Gasteiger partial charge < -0.3 is 4.57 Å². The number of rotatable bonds is 1. The van der Waals surface area contributed by atoms with Crippen molar-refractivity contribution in [1.29, 1.82) is 5.26 Å². The summed E-state index contributed by atoms with van der Waals surface area (Å²) in [5.74, 6) is 0.691. The maximum Gasteiger partial charge on any atom is 0.0991 e. The third-order valence-electron chi connectivity index (χ3n) is 4.19. The predicted octanol–water partition coefficient (Wildman–Crippen LogP) is 4.10. The summed E-state index contributed by atoms with van der Waals surface area (Å²) in [5.41, 5.74) is 3.46. The van der Waals surface area contributed by atoms with Gasteiger partial charge in [-0.25, -0.2) is 0 Å². The molecule has 1 aliphatic rings. The summed E-state index contributed by atoms with van der Waals surface area (Å²) in [6.45, 7) is 0. The highest BCUT2D eigenvalue weighted by Crippen LogP contribution is 2.37. The van der Waals surface area contributed by atoms with Crippen molar-refractivity contribution in [3.05, 3.63) is 35.5 Å². The molecule has 2 heteroatoms. The maximum absolute atomic E-state index is 9.05. The lowest BCUT2D eigenvalue weighted by Gasteiger charge is -2.21. The summed E-state index contributed by atoms with van der Waals surface area (Å²) >= 11 is 0. The summed E-state index contributed by atoms with van der Waals surface area (Å²) in [5, 5.41) is 10.3. The van der Waals surface area contributed by atoms with E-state index in [2.05, 4.69) is 36.0 Å². The molecule has 1 fully saturated rings. The molecule has 18 heavy (non-hydrogen) atoms. The second kappa shape index (κ2) is 4.49. The normalized spacial score (nSPS) is 16.9. The predicted molar refractivity (Wildman–Crippen MR) is 73.5 cm³/mol. The zero-order valence-electron chi connectivity index (χ0n) is 10.8. The summed E-state index contributed by atoms with van der Waals surface area (Å²) in [4.78, 5) is 0. The van der Waals surface area contributed by atoms with Crippen molar-refractivity contribution in [3.8, 4) is 6.07 Å². The largest absolute Gasteiger partial charge is 0.350 e. The van der Waals surface area contributed by atoms with Crippen LogP contribution in [-0.2, 0) is 7.05 Å². The fraction of sp³-hybridized carbons (Fsp3) is 0.438. The first-order valence-electron chi connectivity index (χ1n) is 6.78. The van der Waals surface area contributed by atoms with Crippen LogP contribution in [-0.4, -0.2) is 4.57 Å². The van der Waals surface area contributed by atoms with Gasteiger partial charge in [-0.05, 0) is 42.5 Å². The van der Waals surface area contributed by atoms with Gasteiger partial charge in [0.05, 0.1) is 11.6 Å². The Morgan fingerprint density at radius 3 is 2.72 bits per heavy atom. The molecule has 0 radical (unpaired) electrons. The number of hydrogen-bond donors (Lipinski definition) is 0. The van der Waals surface area contributed by atoms with Crippen LogP contribution in [0.5, 0.6) is 0 Å². The molecule has 0 atom stereocenters. The second-order valence-electron chi connectivity index (χ2n) is 5.37. The smallest absolute Gasteiger partial charge is 0.0991 e. The molecule has 2 nitrogen and oxygen atoms in total. The van der Waals surface area contributed by atoms with E-state index in [-0.39, 0.29) is 0 Å². The van der Waals surface area contributed by atoms with E-state index in [0.717, 1.165) is 5.56 Å². The molecule has 1 aromatic heterocycles. The Morgan fingerprint density at radius 2 is 2.00 bits per heavy atom. The Labute approximate surface area is 108 Å². The van der Waals surface area contributed by atoms with Crippen LogP contribution in [0.4, 0.5) is 0 Å². The lowest BCUT2D eigenvalue weighted by Crippen LogP contribution is -2.03. The zero-order chi connectivity index (χ0) is 12.5. The first-order valence-corrected chi connectivity index (χ1v) is 6.78. The van der Waals surface area contributed by atoms with E-state index in [1.54, 1.807) is 0 Å². The maximum atomic E-state index is 9.05. The number of fused-ring (bicyclic) bond motifs is 1. The van der Waals surface area contributed by atoms with Crippen LogP contribution in [0.1, 0.15) is 49.1 Å². The Balaban J connectivity index is 2.13. The van der Waals surface area contributed by atoms with Crippen molar-refractivity contribution in [2.24, 2.45) is 7.05 Å². The lowest BCUT2D eigenvalue weighted by molar-refractivity contribution is 0.445. The monoisotopic (exact) mass is 238 g/mol. The molecule has 0 spiro atoms. The molecule has 1 aromatic carbocycles. The third-order valence-corrected chi connectivity index (χ3v) is 4.19. The van der Waals surface area contributed by atoms with Crippen LogP contribution in [0, 0.1) is 11.3 Å². The minimum absolute atomic E-state index is 0.691. The van der Waals surface area contributed by atoms with E-state index in [1.165, 1.54) is 48.6 Å². The average molecular weight is 238 g/mol. The Hall–Kier alpha value is -1.75. The highest BCUT2D eigenvalue weighted by molar-refractivity contribution is 5.85. The van der Waals surface area contributed by atoms with Crippen molar-refractivity contribution in [2.45, 2.75) is 38.0 Å². The van der Waals surface area contributed by atoms with E-state index in [4.69, 9.17) is 5.26 Å². The van der Waals surface area contributed by atoms with E-state index in [9.17, 15) is 0 Å². The Morgan fingerprint density at radius 1 is 1.22 bits per heavy atom. The van der Waals surface area contributed by atoms with Gasteiger partial charge in [0.1, 0.15) is 0 Å². The molecule has 1 heterocycles. The van der Waals surface area contributed by atoms with Crippen molar-refractivity contribution in [2.75, 3.05) is 0 Å². The SMILES string of the molecule is Cn1cc(C2CCCCC2)c2cc(C#N)ccc21. The van der Waals surface area contributed by atoms with Gasteiger partial charge in [0.25, 0.3) is 0 Å². The molecule has 3 rings (SSSR count). The summed E-state index contributed by atoms with van der Waals surface area (Å²) in [6.07, 6.45) is 8.94. The molecule has 1 saturated carbocycles. The molecule has 0 aliphatic heterocycles. The molecule has 0 amide bonds. The molecule has 0 N–H and O–H groups in total. The van der Waals surface area contributed by atoms with Crippen LogP contribution in [0.2, 0.25) is 0 Å². The fourth-order valence-electron chi connectivity index (χ4n) is 3.23. The lowest BCUT2D eigenvalue weighted by atomic mass is 9.84. The minimum Gasteiger partial charge on any atom is -0.350 e. The zero-order valence-corrected chi connectivity index (χ0v) is 10.8. The highest BCUT2D eigenvalue weighted by atomic mass is 14.9. The number of aromatic nitrogens is 1. The van der Waals surface area contributed by atoms with Gasteiger partial charge >= 0.3 is 0 Å². The van der Waals surface area contributed by atoms with Crippen molar-refractivity contribution in [1.82, 2.24) is 4.57 Å². The third kappa shape index (κ3) is 1.80. The van der Waals surface area contributed by atoms with Gasteiger partial charge in [-0.3, -0.25) is 0 Å². The van der Waals surface area contributed by atoms with Crippen molar-refractivity contribution >= 4 is 10.9 Å². The van der Waals surface area contributed by atoms with E-state index >= 15 is 0 Å².